The van der Waals surface area contributed by atoms with Crippen LogP contribution in [0.4, 0.5) is 5.69 Å². The minimum Gasteiger partial charge on any atom is -0.383 e. The normalized spacial score (nSPS) is 15.5. The number of nitrogens with zero attached hydrogens (tertiary/aromatic N) is 2. The first-order valence-electron chi connectivity index (χ1n) is 9.09. The predicted molar refractivity (Wildman–Crippen MR) is 102 cm³/mol. The van der Waals surface area contributed by atoms with E-state index < -0.39 is 11.8 Å². The molecule has 1 saturated heterocycles. The lowest BCUT2D eigenvalue weighted by Gasteiger charge is -2.28. The molecule has 0 unspecified atom stereocenters. The van der Waals surface area contributed by atoms with E-state index in [1.807, 2.05) is 14.1 Å². The molecule has 2 rings (SSSR count). The maximum absolute atomic E-state index is 12.0. The fraction of sp³-hybridized carbons (Fsp3) is 0.579. The number of anilines is 1. The molecule has 0 aromatic heterocycles. The Kier molecular flexibility index (Phi) is 7.87. The number of nitrogens with one attached hydrogen (secondary N) is 2. The highest BCUT2D eigenvalue weighted by atomic mass is 16.5. The molecule has 144 valence electrons. The van der Waals surface area contributed by atoms with Crippen LogP contribution in [0, 0.1) is 0 Å². The molecule has 0 saturated carbocycles. The van der Waals surface area contributed by atoms with Gasteiger partial charge in [-0.2, -0.15) is 0 Å². The molecule has 1 aliphatic rings. The molecule has 1 heterocycles. The van der Waals surface area contributed by atoms with Crippen LogP contribution in [0.3, 0.4) is 0 Å². The van der Waals surface area contributed by atoms with Crippen LogP contribution in [-0.4, -0.2) is 70.7 Å². The van der Waals surface area contributed by atoms with Crippen LogP contribution in [0.15, 0.2) is 24.3 Å². The van der Waals surface area contributed by atoms with Crippen LogP contribution in [0.5, 0.6) is 0 Å². The Morgan fingerprint density at radius 1 is 1.12 bits per heavy atom. The number of rotatable bonds is 8. The van der Waals surface area contributed by atoms with Crippen molar-refractivity contribution in [3.8, 4) is 0 Å². The zero-order valence-corrected chi connectivity index (χ0v) is 16.0. The molecule has 1 fully saturated rings. The molecule has 1 aromatic carbocycles. The van der Waals surface area contributed by atoms with Gasteiger partial charge in [-0.15, -0.1) is 0 Å². The molecule has 7 heteroatoms. The van der Waals surface area contributed by atoms with E-state index in [0.717, 1.165) is 37.2 Å². The number of hydrogen-bond acceptors (Lipinski definition) is 5. The van der Waals surface area contributed by atoms with Crippen LogP contribution in [-0.2, 0) is 14.3 Å². The summed E-state index contributed by atoms with van der Waals surface area (Å²) in [6.07, 6.45) is 2.33. The summed E-state index contributed by atoms with van der Waals surface area (Å²) in [5, 5.41) is 5.32. The Balaban J connectivity index is 1.99. The third-order valence-electron chi connectivity index (χ3n) is 4.63. The fourth-order valence-corrected chi connectivity index (χ4v) is 3.12. The molecular weight excluding hydrogens is 332 g/mol. The van der Waals surface area contributed by atoms with Crippen molar-refractivity contribution in [2.45, 2.75) is 18.9 Å². The summed E-state index contributed by atoms with van der Waals surface area (Å²) in [6, 6.07) is 8.44. The summed E-state index contributed by atoms with van der Waals surface area (Å²) in [4.78, 5) is 28.3. The topological polar surface area (TPSA) is 73.9 Å². The molecule has 1 aliphatic heterocycles. The van der Waals surface area contributed by atoms with E-state index in [9.17, 15) is 9.59 Å². The first-order valence-corrected chi connectivity index (χ1v) is 9.09. The number of carbonyl (C=O) groups excluding carboxylic acids is 2. The van der Waals surface area contributed by atoms with Gasteiger partial charge in [0.1, 0.15) is 0 Å². The smallest absolute Gasteiger partial charge is 0.309 e. The summed E-state index contributed by atoms with van der Waals surface area (Å²) < 4.78 is 4.87. The number of carbonyl (C=O) groups is 2. The second-order valence-electron chi connectivity index (χ2n) is 6.70. The molecule has 0 radical (unpaired) electrons. The highest BCUT2D eigenvalue weighted by Crippen LogP contribution is 2.26. The Labute approximate surface area is 155 Å². The van der Waals surface area contributed by atoms with Gasteiger partial charge in [-0.25, -0.2) is 0 Å². The Morgan fingerprint density at radius 2 is 1.73 bits per heavy atom. The van der Waals surface area contributed by atoms with E-state index in [0.29, 0.717) is 19.7 Å². The molecule has 26 heavy (non-hydrogen) atoms. The van der Waals surface area contributed by atoms with E-state index in [1.54, 1.807) is 7.11 Å². The summed E-state index contributed by atoms with van der Waals surface area (Å²) in [5.74, 6) is -1.22. The standard InChI is InChI=1S/C19H30N4O3/c1-22(2)16-8-6-15(7-9-16)17(23-11-4-5-12-23)14-21-19(25)18(24)20-10-13-26-3/h6-9,17H,4-5,10-14H2,1-3H3,(H,20,24)(H,21,25)/t17-/m0/s1. The van der Waals surface area contributed by atoms with E-state index >= 15 is 0 Å². The molecule has 1 atom stereocenters. The zero-order valence-electron chi connectivity index (χ0n) is 16.0. The third kappa shape index (κ3) is 5.71. The van der Waals surface area contributed by atoms with Crippen molar-refractivity contribution >= 4 is 17.5 Å². The molecule has 0 spiro atoms. The molecule has 7 nitrogen and oxygen atoms in total. The number of likely N-dealkylation sites (tertiary alicyclic amines) is 1. The lowest BCUT2D eigenvalue weighted by Crippen LogP contribution is -2.44. The van der Waals surface area contributed by atoms with Gasteiger partial charge in [0, 0.05) is 40.0 Å². The van der Waals surface area contributed by atoms with Gasteiger partial charge in [-0.3, -0.25) is 14.5 Å². The number of methoxy groups -OCH3 is 1. The average molecular weight is 362 g/mol. The van der Waals surface area contributed by atoms with Crippen molar-refractivity contribution in [1.82, 2.24) is 15.5 Å². The van der Waals surface area contributed by atoms with Gasteiger partial charge in [0.25, 0.3) is 0 Å². The second-order valence-corrected chi connectivity index (χ2v) is 6.70. The fourth-order valence-electron chi connectivity index (χ4n) is 3.12. The van der Waals surface area contributed by atoms with Gasteiger partial charge in [-0.05, 0) is 43.6 Å². The second kappa shape index (κ2) is 10.1. The Hall–Kier alpha value is -2.12. The highest BCUT2D eigenvalue weighted by molar-refractivity contribution is 6.35. The lowest BCUT2D eigenvalue weighted by atomic mass is 10.0. The largest absolute Gasteiger partial charge is 0.383 e. The van der Waals surface area contributed by atoms with E-state index in [4.69, 9.17) is 4.74 Å². The quantitative estimate of drug-likeness (QED) is 0.528. The number of benzene rings is 1. The van der Waals surface area contributed by atoms with E-state index in [2.05, 4.69) is 44.7 Å². The third-order valence-corrected chi connectivity index (χ3v) is 4.63. The van der Waals surface area contributed by atoms with Crippen LogP contribution in [0.2, 0.25) is 0 Å². The Morgan fingerprint density at radius 3 is 2.31 bits per heavy atom. The van der Waals surface area contributed by atoms with Crippen LogP contribution >= 0.6 is 0 Å². The van der Waals surface area contributed by atoms with Crippen molar-refractivity contribution in [2.75, 3.05) is 58.9 Å². The summed E-state index contributed by atoms with van der Waals surface area (Å²) in [6.45, 7) is 3.14. The molecule has 2 N–H and O–H groups in total. The first-order chi connectivity index (χ1) is 12.5. The van der Waals surface area contributed by atoms with Gasteiger partial charge in [0.05, 0.1) is 12.6 Å². The van der Waals surface area contributed by atoms with Gasteiger partial charge in [0.2, 0.25) is 0 Å². The van der Waals surface area contributed by atoms with Gasteiger partial charge >= 0.3 is 11.8 Å². The number of amides is 2. The van der Waals surface area contributed by atoms with Crippen molar-refractivity contribution < 1.29 is 14.3 Å². The molecule has 0 bridgehead atoms. The summed E-state index contributed by atoms with van der Waals surface area (Å²) in [7, 11) is 5.57. The van der Waals surface area contributed by atoms with Crippen LogP contribution in [0.1, 0.15) is 24.4 Å². The monoisotopic (exact) mass is 362 g/mol. The Bertz CT molecular complexity index is 583. The minimum atomic E-state index is -0.620. The van der Waals surface area contributed by atoms with E-state index in [1.165, 1.54) is 0 Å². The predicted octanol–water partition coefficient (Wildman–Crippen LogP) is 0.768. The summed E-state index contributed by atoms with van der Waals surface area (Å²) >= 11 is 0. The van der Waals surface area contributed by atoms with Gasteiger partial charge < -0.3 is 20.3 Å². The molecular formula is C19H30N4O3. The lowest BCUT2D eigenvalue weighted by molar-refractivity contribution is -0.139. The van der Waals surface area contributed by atoms with Crippen molar-refractivity contribution in [1.29, 1.82) is 0 Å². The van der Waals surface area contributed by atoms with Crippen LogP contribution in [0.25, 0.3) is 0 Å². The maximum atomic E-state index is 12.0. The molecule has 1 aromatic rings. The van der Waals surface area contributed by atoms with Crippen molar-refractivity contribution in [3.05, 3.63) is 29.8 Å². The SMILES string of the molecule is COCCNC(=O)C(=O)NC[C@@H](c1ccc(N(C)C)cc1)N1CCCC1. The number of hydrogen-bond donors (Lipinski definition) is 2. The zero-order chi connectivity index (χ0) is 18.9. The van der Waals surface area contributed by atoms with Gasteiger partial charge in [-0.1, -0.05) is 12.1 Å². The van der Waals surface area contributed by atoms with Gasteiger partial charge in [0.15, 0.2) is 0 Å². The van der Waals surface area contributed by atoms with E-state index in [-0.39, 0.29) is 6.04 Å². The highest BCUT2D eigenvalue weighted by Gasteiger charge is 2.25. The average Bonchev–Trinajstić information content (AvgIpc) is 3.16. The summed E-state index contributed by atoms with van der Waals surface area (Å²) in [5.41, 5.74) is 2.29. The number of ether oxygens (including phenoxy) is 1. The molecule has 2 amide bonds. The van der Waals surface area contributed by atoms with Crippen molar-refractivity contribution in [3.63, 3.8) is 0 Å². The molecule has 0 aliphatic carbocycles. The van der Waals surface area contributed by atoms with Crippen LogP contribution < -0.4 is 15.5 Å². The van der Waals surface area contributed by atoms with Crippen molar-refractivity contribution in [2.24, 2.45) is 0 Å². The maximum Gasteiger partial charge on any atom is 0.309 e. The first kappa shape index (κ1) is 20.2. The minimum absolute atomic E-state index is 0.0736.